The molecule has 1 saturated heterocycles. The van der Waals surface area contributed by atoms with E-state index in [1.807, 2.05) is 18.2 Å². The van der Waals surface area contributed by atoms with E-state index in [2.05, 4.69) is 4.90 Å². The first-order valence-electron chi connectivity index (χ1n) is 7.03. The Morgan fingerprint density at radius 3 is 3.05 bits per heavy atom. The molecule has 1 heterocycles. The number of benzene rings is 1. The molecule has 3 rings (SSSR count). The number of rotatable bonds is 3. The van der Waals surface area contributed by atoms with Crippen LogP contribution in [-0.4, -0.2) is 29.7 Å². The highest BCUT2D eigenvalue weighted by molar-refractivity contribution is 5.76. The van der Waals surface area contributed by atoms with E-state index in [1.165, 1.54) is 0 Å². The van der Waals surface area contributed by atoms with Crippen LogP contribution in [0.3, 0.4) is 0 Å². The summed E-state index contributed by atoms with van der Waals surface area (Å²) in [7, 11) is 0. The number of aliphatic hydroxyl groups is 1. The molecule has 0 saturated carbocycles. The van der Waals surface area contributed by atoms with Crippen LogP contribution in [0, 0.1) is 16.0 Å². The molecule has 5 heteroatoms. The quantitative estimate of drug-likeness (QED) is 0.678. The van der Waals surface area contributed by atoms with Crippen molar-refractivity contribution < 1.29 is 10.0 Å². The average Bonchev–Trinajstić information content (AvgIpc) is 2.95. The summed E-state index contributed by atoms with van der Waals surface area (Å²) in [6, 6.07) is 3.47. The number of fused-ring (bicyclic) bond motifs is 1. The monoisotopic (exact) mass is 274 g/mol. The van der Waals surface area contributed by atoms with E-state index >= 15 is 0 Å². The molecular formula is C15H18N2O3. The first-order valence-corrected chi connectivity index (χ1v) is 7.03. The normalized spacial score (nSPS) is 21.1. The average molecular weight is 274 g/mol. The molecule has 2 aliphatic rings. The van der Waals surface area contributed by atoms with Crippen molar-refractivity contribution in [1.29, 1.82) is 0 Å². The second-order valence-corrected chi connectivity index (χ2v) is 5.50. The standard InChI is InChI=1S/C15H18N2O3/c18-10-11-3-2-8-16(9-11)14-6-7-15(17(19)20)13-5-1-4-12(13)14/h1,5-7,11,18H,2-4,8-10H2. The van der Waals surface area contributed by atoms with Crippen LogP contribution in [0.5, 0.6) is 0 Å². The Morgan fingerprint density at radius 1 is 1.45 bits per heavy atom. The molecule has 1 aromatic rings. The zero-order valence-electron chi connectivity index (χ0n) is 11.3. The van der Waals surface area contributed by atoms with E-state index in [1.54, 1.807) is 6.07 Å². The number of aliphatic hydroxyl groups excluding tert-OH is 1. The third-order valence-electron chi connectivity index (χ3n) is 4.23. The van der Waals surface area contributed by atoms with Crippen molar-refractivity contribution in [3.05, 3.63) is 39.4 Å². The lowest BCUT2D eigenvalue weighted by molar-refractivity contribution is -0.385. The summed E-state index contributed by atoms with van der Waals surface area (Å²) in [5.41, 5.74) is 3.08. The Bertz CT molecular complexity index is 568. The number of anilines is 1. The van der Waals surface area contributed by atoms with Crippen molar-refractivity contribution in [3.8, 4) is 0 Å². The maximum atomic E-state index is 11.1. The molecule has 0 bridgehead atoms. The molecule has 1 aromatic carbocycles. The van der Waals surface area contributed by atoms with Crippen LogP contribution in [0.4, 0.5) is 11.4 Å². The molecule has 20 heavy (non-hydrogen) atoms. The van der Waals surface area contributed by atoms with Gasteiger partial charge in [-0.05, 0) is 36.8 Å². The third-order valence-corrected chi connectivity index (χ3v) is 4.23. The zero-order chi connectivity index (χ0) is 14.1. The Morgan fingerprint density at radius 2 is 2.30 bits per heavy atom. The second kappa shape index (κ2) is 5.25. The van der Waals surface area contributed by atoms with Crippen molar-refractivity contribution in [1.82, 2.24) is 0 Å². The molecule has 1 aliphatic carbocycles. The molecule has 106 valence electrons. The van der Waals surface area contributed by atoms with Crippen molar-refractivity contribution in [3.63, 3.8) is 0 Å². The van der Waals surface area contributed by atoms with Gasteiger partial charge in [-0.15, -0.1) is 0 Å². The molecule has 1 atom stereocenters. The highest BCUT2D eigenvalue weighted by atomic mass is 16.6. The molecule has 5 nitrogen and oxygen atoms in total. The fourth-order valence-electron chi connectivity index (χ4n) is 3.22. The molecule has 1 fully saturated rings. The van der Waals surface area contributed by atoms with Crippen molar-refractivity contribution >= 4 is 17.5 Å². The van der Waals surface area contributed by atoms with Crippen LogP contribution >= 0.6 is 0 Å². The summed E-state index contributed by atoms with van der Waals surface area (Å²) < 4.78 is 0. The minimum Gasteiger partial charge on any atom is -0.396 e. The predicted molar refractivity (Wildman–Crippen MR) is 77.9 cm³/mol. The topological polar surface area (TPSA) is 66.6 Å². The Kier molecular flexibility index (Phi) is 3.44. The predicted octanol–water partition coefficient (Wildman–Crippen LogP) is 2.37. The van der Waals surface area contributed by atoms with Gasteiger partial charge in [0, 0.05) is 31.5 Å². The largest absolute Gasteiger partial charge is 0.396 e. The van der Waals surface area contributed by atoms with Gasteiger partial charge in [-0.25, -0.2) is 0 Å². The first kappa shape index (κ1) is 13.1. The molecule has 1 aliphatic heterocycles. The van der Waals surface area contributed by atoms with Crippen molar-refractivity contribution in [2.75, 3.05) is 24.6 Å². The Balaban J connectivity index is 1.96. The van der Waals surface area contributed by atoms with Gasteiger partial charge in [-0.2, -0.15) is 0 Å². The minimum atomic E-state index is -0.314. The van der Waals surface area contributed by atoms with Gasteiger partial charge in [0.2, 0.25) is 0 Å². The Hall–Kier alpha value is -1.88. The molecule has 1 unspecified atom stereocenters. The van der Waals surface area contributed by atoms with E-state index in [4.69, 9.17) is 0 Å². The van der Waals surface area contributed by atoms with Gasteiger partial charge in [0.25, 0.3) is 5.69 Å². The van der Waals surface area contributed by atoms with Crippen LogP contribution in [0.25, 0.3) is 6.08 Å². The number of allylic oxidation sites excluding steroid dienone is 1. The van der Waals surface area contributed by atoms with Crippen LogP contribution in [0.1, 0.15) is 24.0 Å². The molecule has 0 aromatic heterocycles. The highest BCUT2D eigenvalue weighted by Gasteiger charge is 2.26. The van der Waals surface area contributed by atoms with E-state index in [0.29, 0.717) is 5.92 Å². The maximum Gasteiger partial charge on any atom is 0.277 e. The van der Waals surface area contributed by atoms with Crippen molar-refractivity contribution in [2.45, 2.75) is 19.3 Å². The SMILES string of the molecule is O=[N+]([O-])c1ccc(N2CCCC(CO)C2)c2c1C=CC2. The molecule has 0 amide bonds. The summed E-state index contributed by atoms with van der Waals surface area (Å²) in [5.74, 6) is 0.309. The third kappa shape index (κ3) is 2.18. The van der Waals surface area contributed by atoms with Gasteiger partial charge in [0.05, 0.1) is 10.5 Å². The van der Waals surface area contributed by atoms with Crippen LogP contribution in [0.2, 0.25) is 0 Å². The second-order valence-electron chi connectivity index (χ2n) is 5.50. The van der Waals surface area contributed by atoms with Gasteiger partial charge in [-0.1, -0.05) is 12.2 Å². The number of nitrogens with zero attached hydrogens (tertiary/aromatic N) is 2. The molecule has 0 radical (unpaired) electrons. The summed E-state index contributed by atoms with van der Waals surface area (Å²) in [5, 5.41) is 20.4. The summed E-state index contributed by atoms with van der Waals surface area (Å²) in [4.78, 5) is 13.0. The molecular weight excluding hydrogens is 256 g/mol. The van der Waals surface area contributed by atoms with Gasteiger partial charge >= 0.3 is 0 Å². The smallest absolute Gasteiger partial charge is 0.277 e. The Labute approximate surface area is 117 Å². The van der Waals surface area contributed by atoms with E-state index in [9.17, 15) is 15.2 Å². The lowest BCUT2D eigenvalue weighted by Gasteiger charge is -2.34. The molecule has 1 N–H and O–H groups in total. The van der Waals surface area contributed by atoms with E-state index < -0.39 is 0 Å². The summed E-state index contributed by atoms with van der Waals surface area (Å²) in [6.45, 7) is 2.01. The highest BCUT2D eigenvalue weighted by Crippen LogP contribution is 2.37. The van der Waals surface area contributed by atoms with Gasteiger partial charge in [0.15, 0.2) is 0 Å². The number of nitro groups is 1. The van der Waals surface area contributed by atoms with Crippen LogP contribution in [0.15, 0.2) is 18.2 Å². The first-order chi connectivity index (χ1) is 9.70. The van der Waals surface area contributed by atoms with Crippen molar-refractivity contribution in [2.24, 2.45) is 5.92 Å². The number of piperidine rings is 1. The van der Waals surface area contributed by atoms with Gasteiger partial charge < -0.3 is 10.0 Å². The summed E-state index contributed by atoms with van der Waals surface area (Å²) >= 11 is 0. The number of nitro benzene ring substituents is 1. The summed E-state index contributed by atoms with van der Waals surface area (Å²) in [6.07, 6.45) is 6.70. The fourth-order valence-corrected chi connectivity index (χ4v) is 3.22. The zero-order valence-corrected chi connectivity index (χ0v) is 11.3. The lowest BCUT2D eigenvalue weighted by Crippen LogP contribution is -2.37. The number of hydrogen-bond donors (Lipinski definition) is 1. The van der Waals surface area contributed by atoms with Gasteiger partial charge in [-0.3, -0.25) is 10.1 Å². The van der Waals surface area contributed by atoms with Crippen LogP contribution < -0.4 is 4.90 Å². The van der Waals surface area contributed by atoms with Gasteiger partial charge in [0.1, 0.15) is 0 Å². The van der Waals surface area contributed by atoms with E-state index in [-0.39, 0.29) is 17.2 Å². The minimum absolute atomic E-state index is 0.188. The van der Waals surface area contributed by atoms with E-state index in [0.717, 1.165) is 49.2 Å². The molecule has 0 spiro atoms. The van der Waals surface area contributed by atoms with Crippen LogP contribution in [-0.2, 0) is 6.42 Å². The maximum absolute atomic E-state index is 11.1. The number of hydrogen-bond acceptors (Lipinski definition) is 4. The fraction of sp³-hybridized carbons (Fsp3) is 0.467. The lowest BCUT2D eigenvalue weighted by atomic mass is 9.96.